The lowest BCUT2D eigenvalue weighted by molar-refractivity contribution is -0.141. The molecular weight excluding hydrogens is 572 g/mol. The Hall–Kier alpha value is -4.25. The summed E-state index contributed by atoms with van der Waals surface area (Å²) < 4.78 is 0. The number of hydrogen-bond donors (Lipinski definition) is 4. The molecule has 3 rings (SSSR count). The molecule has 3 atom stereocenters. The Labute approximate surface area is 266 Å². The van der Waals surface area contributed by atoms with E-state index >= 15 is 0 Å². The normalized spacial score (nSPS) is 15.9. The molecule has 1 heterocycles. The number of anilines is 1. The molecule has 45 heavy (non-hydrogen) atoms. The topological polar surface area (TPSA) is 140 Å². The number of para-hydroxylation sites is 1. The van der Waals surface area contributed by atoms with Crippen LogP contribution >= 0.6 is 0 Å². The molecule has 0 spiro atoms. The van der Waals surface area contributed by atoms with Crippen LogP contribution in [-0.2, 0) is 25.7 Å². The third-order valence-corrected chi connectivity index (χ3v) is 7.91. The van der Waals surface area contributed by atoms with Crippen LogP contribution in [0.15, 0.2) is 54.6 Å². The molecule has 4 N–H and O–H groups in total. The number of benzene rings is 2. The minimum atomic E-state index is -1.09. The summed E-state index contributed by atoms with van der Waals surface area (Å²) in [7, 11) is 2.06. The highest BCUT2D eigenvalue weighted by Gasteiger charge is 2.36. The second-order valence-electron chi connectivity index (χ2n) is 13.1. The van der Waals surface area contributed by atoms with Crippen LogP contribution in [0.3, 0.4) is 0 Å². The summed E-state index contributed by atoms with van der Waals surface area (Å²) in [6.07, 6.45) is 0. The van der Waals surface area contributed by atoms with Gasteiger partial charge in [-0.3, -0.25) is 24.0 Å². The van der Waals surface area contributed by atoms with Gasteiger partial charge in [0.25, 0.3) is 11.8 Å². The van der Waals surface area contributed by atoms with E-state index in [0.29, 0.717) is 5.56 Å². The van der Waals surface area contributed by atoms with Crippen molar-refractivity contribution < 1.29 is 24.0 Å². The number of nitrogens with zero attached hydrogens (tertiary/aromatic N) is 2. The van der Waals surface area contributed by atoms with Gasteiger partial charge in [-0.15, -0.1) is 0 Å². The third-order valence-electron chi connectivity index (χ3n) is 7.91. The average molecular weight is 621 g/mol. The number of amides is 4. The highest BCUT2D eigenvalue weighted by atomic mass is 16.2. The van der Waals surface area contributed by atoms with Gasteiger partial charge in [0.1, 0.15) is 12.1 Å². The molecule has 244 valence electrons. The predicted octanol–water partition coefficient (Wildman–Crippen LogP) is 2.11. The van der Waals surface area contributed by atoms with Gasteiger partial charge in [0.15, 0.2) is 0 Å². The fraction of sp³-hybridized carbons (Fsp3) is 0.500. The fourth-order valence-electron chi connectivity index (χ4n) is 5.05. The maximum atomic E-state index is 13.6. The molecule has 0 radical (unpaired) electrons. The van der Waals surface area contributed by atoms with Crippen molar-refractivity contribution in [3.63, 3.8) is 0 Å². The van der Waals surface area contributed by atoms with Crippen molar-refractivity contribution in [2.45, 2.75) is 66.2 Å². The first-order valence-electron chi connectivity index (χ1n) is 15.5. The lowest BCUT2D eigenvalue weighted by Gasteiger charge is -2.35. The summed E-state index contributed by atoms with van der Waals surface area (Å²) >= 11 is 0. The molecule has 0 aliphatic carbocycles. The maximum Gasteiger partial charge on any atom is 0.289 e. The molecule has 0 unspecified atom stereocenters. The molecule has 0 aromatic heterocycles. The zero-order valence-corrected chi connectivity index (χ0v) is 27.5. The van der Waals surface area contributed by atoms with Crippen molar-refractivity contribution in [2.75, 3.05) is 38.1 Å². The Morgan fingerprint density at radius 3 is 1.98 bits per heavy atom. The van der Waals surface area contributed by atoms with Gasteiger partial charge in [0.05, 0.1) is 11.6 Å². The Kier molecular flexibility index (Phi) is 12.3. The minimum absolute atomic E-state index is 0.177. The summed E-state index contributed by atoms with van der Waals surface area (Å²) in [5, 5.41) is 10.8. The number of likely N-dealkylation sites (N-methyl/N-ethyl adjacent to an activating group) is 1. The number of Topliss-reactive ketones (excluding diaryl/α,β-unsaturated/α-hetero) is 1. The van der Waals surface area contributed by atoms with Crippen LogP contribution in [0.4, 0.5) is 5.69 Å². The SMILES string of the molecule is CC(C)[C@H](NC(=O)[C@H](C)NC(=O)[C@@H](NC(=O)c1ccccc1N1CCN(C)CC1)C(C)(C)C)C(=O)C(=O)NCc1ccccc1. The monoisotopic (exact) mass is 620 g/mol. The van der Waals surface area contributed by atoms with Gasteiger partial charge in [-0.1, -0.05) is 77.1 Å². The Morgan fingerprint density at radius 2 is 1.38 bits per heavy atom. The summed E-state index contributed by atoms with van der Waals surface area (Å²) in [5.41, 5.74) is 1.43. The van der Waals surface area contributed by atoms with Crippen LogP contribution in [0.25, 0.3) is 0 Å². The first kappa shape index (κ1) is 35.2. The van der Waals surface area contributed by atoms with Gasteiger partial charge in [0.2, 0.25) is 17.6 Å². The second kappa shape index (κ2) is 15.7. The molecule has 2 aromatic rings. The van der Waals surface area contributed by atoms with E-state index in [1.54, 1.807) is 26.0 Å². The van der Waals surface area contributed by atoms with E-state index in [2.05, 4.69) is 38.1 Å². The highest BCUT2D eigenvalue weighted by molar-refractivity contribution is 6.38. The van der Waals surface area contributed by atoms with Crippen LogP contribution in [0.2, 0.25) is 0 Å². The molecule has 1 saturated heterocycles. The smallest absolute Gasteiger partial charge is 0.289 e. The second-order valence-corrected chi connectivity index (χ2v) is 13.1. The average Bonchev–Trinajstić information content (AvgIpc) is 3.00. The Morgan fingerprint density at radius 1 is 0.778 bits per heavy atom. The van der Waals surface area contributed by atoms with Crippen molar-refractivity contribution in [2.24, 2.45) is 11.3 Å². The van der Waals surface area contributed by atoms with Crippen LogP contribution in [0, 0.1) is 11.3 Å². The van der Waals surface area contributed by atoms with E-state index in [-0.39, 0.29) is 18.4 Å². The predicted molar refractivity (Wildman–Crippen MR) is 175 cm³/mol. The number of carbonyl (C=O) groups is 5. The lowest BCUT2D eigenvalue weighted by atomic mass is 9.85. The molecule has 4 amide bonds. The standard InChI is InChI=1S/C34H48N6O5/c1-22(2)27(28(41)32(44)35-21-24-13-9-8-10-14-24)37-30(42)23(3)36-33(45)29(34(4,5)6)38-31(43)25-15-11-12-16-26(25)40-19-17-39(7)18-20-40/h8-16,22-23,27,29H,17-21H2,1-7H3,(H,35,44)(H,36,45)(H,37,42)(H,38,43)/t23-,27-,29+/m0/s1. The van der Waals surface area contributed by atoms with Crippen molar-refractivity contribution >= 4 is 35.1 Å². The lowest BCUT2D eigenvalue weighted by Crippen LogP contribution is -2.59. The first-order valence-corrected chi connectivity index (χ1v) is 15.5. The number of hydrogen-bond acceptors (Lipinski definition) is 7. The fourth-order valence-corrected chi connectivity index (χ4v) is 5.05. The number of rotatable bonds is 12. The van der Waals surface area contributed by atoms with Gasteiger partial charge in [-0.05, 0) is 43.0 Å². The van der Waals surface area contributed by atoms with Gasteiger partial charge in [-0.2, -0.15) is 0 Å². The van der Waals surface area contributed by atoms with E-state index < -0.39 is 47.0 Å². The molecule has 1 aliphatic heterocycles. The van der Waals surface area contributed by atoms with Gasteiger partial charge < -0.3 is 31.1 Å². The van der Waals surface area contributed by atoms with Gasteiger partial charge in [0, 0.05) is 38.4 Å². The quantitative estimate of drug-likeness (QED) is 0.267. The van der Waals surface area contributed by atoms with Crippen LogP contribution in [-0.4, -0.2) is 85.7 Å². The molecule has 0 bridgehead atoms. The van der Waals surface area contributed by atoms with Crippen molar-refractivity contribution in [3.05, 3.63) is 65.7 Å². The van der Waals surface area contributed by atoms with Crippen LogP contribution in [0.5, 0.6) is 0 Å². The zero-order valence-electron chi connectivity index (χ0n) is 27.5. The minimum Gasteiger partial charge on any atom is -0.368 e. The van der Waals surface area contributed by atoms with Crippen LogP contribution < -0.4 is 26.2 Å². The molecule has 11 heteroatoms. The highest BCUT2D eigenvalue weighted by Crippen LogP contribution is 2.24. The van der Waals surface area contributed by atoms with Gasteiger partial charge in [-0.25, -0.2) is 0 Å². The molecule has 2 aromatic carbocycles. The summed E-state index contributed by atoms with van der Waals surface area (Å²) in [4.78, 5) is 70.2. The van der Waals surface area contributed by atoms with Crippen molar-refractivity contribution in [1.29, 1.82) is 0 Å². The van der Waals surface area contributed by atoms with E-state index in [4.69, 9.17) is 0 Å². The number of nitrogens with one attached hydrogen (secondary N) is 4. The van der Waals surface area contributed by atoms with E-state index in [1.807, 2.05) is 63.2 Å². The van der Waals surface area contributed by atoms with E-state index in [1.165, 1.54) is 6.92 Å². The third kappa shape index (κ3) is 9.87. The van der Waals surface area contributed by atoms with Gasteiger partial charge >= 0.3 is 0 Å². The Balaban J connectivity index is 1.65. The number of carbonyl (C=O) groups excluding carboxylic acids is 5. The van der Waals surface area contributed by atoms with E-state index in [0.717, 1.165) is 37.4 Å². The van der Waals surface area contributed by atoms with E-state index in [9.17, 15) is 24.0 Å². The van der Waals surface area contributed by atoms with Crippen molar-refractivity contribution in [3.8, 4) is 0 Å². The largest absolute Gasteiger partial charge is 0.368 e. The Bertz CT molecular complexity index is 1350. The molecule has 11 nitrogen and oxygen atoms in total. The molecular formula is C34H48N6O5. The molecule has 0 saturated carbocycles. The number of piperazine rings is 1. The maximum absolute atomic E-state index is 13.6. The first-order chi connectivity index (χ1) is 21.2. The van der Waals surface area contributed by atoms with Crippen LogP contribution in [0.1, 0.15) is 57.5 Å². The summed E-state index contributed by atoms with van der Waals surface area (Å²) in [6, 6.07) is 13.4. The summed E-state index contributed by atoms with van der Waals surface area (Å²) in [6.45, 7) is 13.9. The summed E-state index contributed by atoms with van der Waals surface area (Å²) in [5.74, 6) is -3.50. The molecule has 1 fully saturated rings. The number of ketones is 1. The zero-order chi connectivity index (χ0) is 33.3. The molecule has 1 aliphatic rings. The van der Waals surface area contributed by atoms with Crippen molar-refractivity contribution in [1.82, 2.24) is 26.2 Å².